The summed E-state index contributed by atoms with van der Waals surface area (Å²) in [6.45, 7) is 0. The highest BCUT2D eigenvalue weighted by Crippen LogP contribution is 2.42. The molecule has 1 aromatic heterocycles. The van der Waals surface area contributed by atoms with E-state index in [2.05, 4.69) is 15.6 Å². The molecule has 6 nitrogen and oxygen atoms in total. The van der Waals surface area contributed by atoms with Crippen LogP contribution in [0.3, 0.4) is 0 Å². The average molecular weight is 352 g/mol. The maximum absolute atomic E-state index is 13.3. The van der Waals surface area contributed by atoms with Crippen LogP contribution in [0.4, 0.5) is 10.1 Å². The molecule has 0 bridgehead atoms. The summed E-state index contributed by atoms with van der Waals surface area (Å²) in [5, 5.41) is 11.0. The molecule has 2 aromatic carbocycles. The van der Waals surface area contributed by atoms with Gasteiger partial charge in [-0.05, 0) is 55.3 Å². The third-order valence-corrected chi connectivity index (χ3v) is 4.28. The number of halogens is 1. The summed E-state index contributed by atoms with van der Waals surface area (Å²) in [4.78, 5) is 12.7. The van der Waals surface area contributed by atoms with E-state index in [9.17, 15) is 9.18 Å². The summed E-state index contributed by atoms with van der Waals surface area (Å²) in [6, 6.07) is 13.2. The fourth-order valence-electron chi connectivity index (χ4n) is 2.84. The number of nitrogens with one attached hydrogen (secondary N) is 1. The van der Waals surface area contributed by atoms with Crippen LogP contribution in [0.15, 0.2) is 48.5 Å². The first-order chi connectivity index (χ1) is 12.7. The van der Waals surface area contributed by atoms with Gasteiger partial charge in [0.05, 0.1) is 18.5 Å². The second-order valence-corrected chi connectivity index (χ2v) is 6.17. The van der Waals surface area contributed by atoms with Gasteiger partial charge in [0.1, 0.15) is 11.6 Å². The maximum atomic E-state index is 13.3. The highest BCUT2D eigenvalue weighted by atomic mass is 19.1. The predicted octanol–water partition coefficient (Wildman–Crippen LogP) is 3.54. The minimum atomic E-state index is -0.410. The Hall–Kier alpha value is -3.22. The molecule has 0 unspecified atom stereocenters. The minimum absolute atomic E-state index is 0.250. The molecule has 132 valence electrons. The first-order valence-corrected chi connectivity index (χ1v) is 8.32. The van der Waals surface area contributed by atoms with Gasteiger partial charge in [0.2, 0.25) is 0 Å². The molecule has 1 amide bonds. The first-order valence-electron chi connectivity index (χ1n) is 8.32. The van der Waals surface area contributed by atoms with Crippen LogP contribution in [0, 0.1) is 5.82 Å². The van der Waals surface area contributed by atoms with E-state index in [1.807, 2.05) is 24.3 Å². The molecule has 1 saturated carbocycles. The molecular formula is C19H17FN4O2. The first kappa shape index (κ1) is 16.3. The lowest BCUT2D eigenvalue weighted by molar-refractivity contribution is 0.102. The molecule has 7 heteroatoms. The lowest BCUT2D eigenvalue weighted by Gasteiger charge is -2.08. The lowest BCUT2D eigenvalue weighted by atomic mass is 10.2. The van der Waals surface area contributed by atoms with Crippen LogP contribution in [-0.4, -0.2) is 28.0 Å². The molecule has 0 saturated heterocycles. The minimum Gasteiger partial charge on any atom is -0.497 e. The molecule has 1 N–H and O–H groups in total. The summed E-state index contributed by atoms with van der Waals surface area (Å²) < 4.78 is 20.2. The van der Waals surface area contributed by atoms with Gasteiger partial charge in [-0.25, -0.2) is 9.07 Å². The van der Waals surface area contributed by atoms with Gasteiger partial charge in [-0.3, -0.25) is 4.79 Å². The van der Waals surface area contributed by atoms with Gasteiger partial charge in [0.15, 0.2) is 5.69 Å². The molecule has 1 heterocycles. The van der Waals surface area contributed by atoms with Crippen molar-refractivity contribution in [2.75, 3.05) is 12.4 Å². The highest BCUT2D eigenvalue weighted by Gasteiger charge is 2.34. The van der Waals surface area contributed by atoms with Crippen LogP contribution in [-0.2, 0) is 0 Å². The average Bonchev–Trinajstić information content (AvgIpc) is 3.39. The summed E-state index contributed by atoms with van der Waals surface area (Å²) in [6.07, 6.45) is 1.98. The standard InChI is InChI=1S/C19H17FN4O2/c1-26-16-9-7-15(8-10-16)24-18(12-5-6-12)17(22-23-24)19(25)21-14-4-2-3-13(20)11-14/h2-4,7-12H,5-6H2,1H3,(H,21,25). The van der Waals surface area contributed by atoms with Crippen molar-refractivity contribution in [2.24, 2.45) is 0 Å². The van der Waals surface area contributed by atoms with E-state index >= 15 is 0 Å². The number of benzene rings is 2. The number of methoxy groups -OCH3 is 1. The van der Waals surface area contributed by atoms with Crippen molar-refractivity contribution in [3.63, 3.8) is 0 Å². The van der Waals surface area contributed by atoms with Crippen LogP contribution in [0.1, 0.15) is 34.9 Å². The number of anilines is 1. The normalized spacial score (nSPS) is 13.5. The summed E-state index contributed by atoms with van der Waals surface area (Å²) in [5.74, 6) is 0.190. The molecule has 26 heavy (non-hydrogen) atoms. The summed E-state index contributed by atoms with van der Waals surface area (Å²) in [5.41, 5.74) is 2.25. The third-order valence-electron chi connectivity index (χ3n) is 4.28. The number of ether oxygens (including phenoxy) is 1. The van der Waals surface area contributed by atoms with E-state index in [4.69, 9.17) is 4.74 Å². The lowest BCUT2D eigenvalue weighted by Crippen LogP contribution is -2.15. The van der Waals surface area contributed by atoms with Crippen molar-refractivity contribution in [3.05, 3.63) is 65.7 Å². The zero-order valence-corrected chi connectivity index (χ0v) is 14.1. The second-order valence-electron chi connectivity index (χ2n) is 6.17. The van der Waals surface area contributed by atoms with Gasteiger partial charge >= 0.3 is 0 Å². The molecule has 0 aliphatic heterocycles. The highest BCUT2D eigenvalue weighted by molar-refractivity contribution is 6.03. The zero-order valence-electron chi connectivity index (χ0n) is 14.1. The maximum Gasteiger partial charge on any atom is 0.278 e. The number of nitrogens with zero attached hydrogens (tertiary/aromatic N) is 3. The van der Waals surface area contributed by atoms with Gasteiger partial charge in [-0.2, -0.15) is 0 Å². The number of hydrogen-bond acceptors (Lipinski definition) is 4. The van der Waals surface area contributed by atoms with Gasteiger partial charge in [0, 0.05) is 11.6 Å². The van der Waals surface area contributed by atoms with Crippen LogP contribution in [0.5, 0.6) is 5.75 Å². The zero-order chi connectivity index (χ0) is 18.1. The van der Waals surface area contributed by atoms with Crippen LogP contribution in [0.25, 0.3) is 5.69 Å². The molecular weight excluding hydrogens is 335 g/mol. The van der Waals surface area contributed by atoms with Crippen molar-refractivity contribution >= 4 is 11.6 Å². The summed E-state index contributed by atoms with van der Waals surface area (Å²) >= 11 is 0. The Kier molecular flexibility index (Phi) is 4.12. The Labute approximate surface area is 149 Å². The molecule has 3 aromatic rings. The Bertz CT molecular complexity index is 948. The van der Waals surface area contributed by atoms with E-state index in [0.29, 0.717) is 5.69 Å². The molecule has 1 aliphatic rings. The number of hydrogen-bond donors (Lipinski definition) is 1. The third kappa shape index (κ3) is 3.15. The second kappa shape index (κ2) is 6.59. The van der Waals surface area contributed by atoms with Crippen molar-refractivity contribution in [1.29, 1.82) is 0 Å². The van der Waals surface area contributed by atoms with Crippen molar-refractivity contribution in [3.8, 4) is 11.4 Å². The number of rotatable bonds is 5. The van der Waals surface area contributed by atoms with Crippen molar-refractivity contribution < 1.29 is 13.9 Å². The molecule has 4 rings (SSSR count). The molecule has 0 spiro atoms. The number of carbonyl (C=O) groups excluding carboxylic acids is 1. The Morgan fingerprint density at radius 3 is 2.65 bits per heavy atom. The van der Waals surface area contributed by atoms with Crippen LogP contribution < -0.4 is 10.1 Å². The Balaban J connectivity index is 1.66. The van der Waals surface area contributed by atoms with Crippen LogP contribution in [0.2, 0.25) is 0 Å². The van der Waals surface area contributed by atoms with Gasteiger partial charge in [-0.15, -0.1) is 5.10 Å². The van der Waals surface area contributed by atoms with E-state index in [-0.39, 0.29) is 11.6 Å². The fourth-order valence-corrected chi connectivity index (χ4v) is 2.84. The summed E-state index contributed by atoms with van der Waals surface area (Å²) in [7, 11) is 1.61. The largest absolute Gasteiger partial charge is 0.497 e. The van der Waals surface area contributed by atoms with Gasteiger partial charge < -0.3 is 10.1 Å². The number of carbonyl (C=O) groups is 1. The van der Waals surface area contributed by atoms with Crippen molar-refractivity contribution in [2.45, 2.75) is 18.8 Å². The Morgan fingerprint density at radius 1 is 1.23 bits per heavy atom. The molecule has 1 aliphatic carbocycles. The van der Waals surface area contributed by atoms with E-state index in [0.717, 1.165) is 30.0 Å². The smallest absolute Gasteiger partial charge is 0.278 e. The van der Waals surface area contributed by atoms with Gasteiger partial charge in [-0.1, -0.05) is 11.3 Å². The molecule has 1 fully saturated rings. The topological polar surface area (TPSA) is 69.0 Å². The van der Waals surface area contributed by atoms with E-state index in [1.54, 1.807) is 23.9 Å². The number of amides is 1. The molecule has 0 atom stereocenters. The Morgan fingerprint density at radius 2 is 2.00 bits per heavy atom. The quantitative estimate of drug-likeness (QED) is 0.762. The molecule has 0 radical (unpaired) electrons. The van der Waals surface area contributed by atoms with Gasteiger partial charge in [0.25, 0.3) is 5.91 Å². The SMILES string of the molecule is COc1ccc(-n2nnc(C(=O)Nc3cccc(F)c3)c2C2CC2)cc1. The van der Waals surface area contributed by atoms with Crippen molar-refractivity contribution in [1.82, 2.24) is 15.0 Å². The fraction of sp³-hybridized carbons (Fsp3) is 0.211. The van der Waals surface area contributed by atoms with Crippen LogP contribution >= 0.6 is 0 Å². The number of aromatic nitrogens is 3. The predicted molar refractivity (Wildman–Crippen MR) is 94.2 cm³/mol. The van der Waals surface area contributed by atoms with E-state index < -0.39 is 11.7 Å². The monoisotopic (exact) mass is 352 g/mol. The van der Waals surface area contributed by atoms with E-state index in [1.165, 1.54) is 12.1 Å².